The fraction of sp³-hybridized carbons (Fsp3) is 0.185. The Labute approximate surface area is 342 Å². The van der Waals surface area contributed by atoms with E-state index in [1.165, 1.54) is 75.8 Å². The van der Waals surface area contributed by atoms with E-state index in [4.69, 9.17) is 15.0 Å². The Morgan fingerprint density at radius 3 is 1.93 bits per heavy atom. The van der Waals surface area contributed by atoms with Gasteiger partial charge in [0.05, 0.1) is 22.7 Å². The number of hydrogen-bond acceptors (Lipinski definition) is 4. The van der Waals surface area contributed by atoms with E-state index in [0.29, 0.717) is 34.9 Å². The lowest BCUT2D eigenvalue weighted by Gasteiger charge is -2.61. The highest BCUT2D eigenvalue weighted by atomic mass is 15.0. The lowest BCUT2D eigenvalue weighted by molar-refractivity contribution is -0.0399. The van der Waals surface area contributed by atoms with Crippen molar-refractivity contribution in [3.8, 4) is 57.0 Å². The van der Waals surface area contributed by atoms with Crippen molar-refractivity contribution in [2.24, 2.45) is 23.7 Å². The lowest BCUT2D eigenvalue weighted by Crippen LogP contribution is -2.55. The predicted octanol–water partition coefficient (Wildman–Crippen LogP) is 12.7. The van der Waals surface area contributed by atoms with Gasteiger partial charge in [-0.2, -0.15) is 5.26 Å². The van der Waals surface area contributed by atoms with Crippen LogP contribution in [-0.4, -0.2) is 19.5 Å². The van der Waals surface area contributed by atoms with Gasteiger partial charge in [0.25, 0.3) is 0 Å². The van der Waals surface area contributed by atoms with Crippen molar-refractivity contribution in [2.45, 2.75) is 37.5 Å². The third-order valence-electron chi connectivity index (χ3n) is 14.6. The molecule has 5 nitrogen and oxygen atoms in total. The summed E-state index contributed by atoms with van der Waals surface area (Å²) in [7, 11) is 0. The number of aromatic nitrogens is 4. The van der Waals surface area contributed by atoms with Gasteiger partial charge in [-0.3, -0.25) is 0 Å². The molecule has 0 unspecified atom stereocenters. The zero-order valence-corrected chi connectivity index (χ0v) is 32.5. The average Bonchev–Trinajstić information content (AvgIpc) is 3.79. The van der Waals surface area contributed by atoms with Gasteiger partial charge in [-0.1, -0.05) is 115 Å². The summed E-state index contributed by atoms with van der Waals surface area (Å²) in [6.07, 6.45) is 6.91. The predicted molar refractivity (Wildman–Crippen MR) is 236 cm³/mol. The molecule has 14 rings (SSSR count). The minimum absolute atomic E-state index is 0.0894. The van der Waals surface area contributed by atoms with E-state index < -0.39 is 0 Å². The standard InChI is InChI=1S/C54H39N5/c55-31-32-10-8-14-37(25-32)52-56-51(36-12-2-1-3-13-36)57-53(58-52)38-15-9-16-41(30-38)59-46-22-20-35-11-4-5-17-42(35)49(46)50-47(59)23-21-45-48(50)43-18-6-7-19-44(43)54(45)39-26-33-24-34(28-39)29-40(54)27-33/h1-23,25,30,33-34,39-40H,24,26-29H2. The normalized spacial score (nSPS) is 22.3. The Kier molecular flexibility index (Phi) is 6.90. The summed E-state index contributed by atoms with van der Waals surface area (Å²) in [5.41, 5.74) is 12.8. The maximum absolute atomic E-state index is 9.71. The first-order chi connectivity index (χ1) is 29.2. The minimum Gasteiger partial charge on any atom is -0.309 e. The lowest BCUT2D eigenvalue weighted by atomic mass is 9.43. The molecule has 4 saturated carbocycles. The van der Waals surface area contributed by atoms with Gasteiger partial charge >= 0.3 is 0 Å². The third kappa shape index (κ3) is 4.63. The van der Waals surface area contributed by atoms with Crippen LogP contribution in [0.2, 0.25) is 0 Å². The SMILES string of the molecule is N#Cc1cccc(-c2nc(-c3ccccc3)nc(-c3cccc(-n4c5ccc6c(c5c5c7ccccc7ccc54)-c4ccccc4C64C5CC6CC(C5)CC4C6)c3)n2)c1. The van der Waals surface area contributed by atoms with Crippen molar-refractivity contribution in [2.75, 3.05) is 0 Å². The van der Waals surface area contributed by atoms with Crippen LogP contribution in [0.5, 0.6) is 0 Å². The Balaban J connectivity index is 1.06. The second kappa shape index (κ2) is 12.3. The van der Waals surface area contributed by atoms with Crippen LogP contribution in [-0.2, 0) is 5.41 Å². The van der Waals surface area contributed by atoms with Gasteiger partial charge in [-0.25, -0.2) is 15.0 Å². The second-order valence-corrected chi connectivity index (χ2v) is 17.5. The fourth-order valence-corrected chi connectivity index (χ4v) is 12.6. The molecule has 59 heavy (non-hydrogen) atoms. The number of benzene rings is 7. The monoisotopic (exact) mass is 757 g/mol. The summed E-state index contributed by atoms with van der Waals surface area (Å²) in [5.74, 6) is 4.91. The Morgan fingerprint density at radius 2 is 1.15 bits per heavy atom. The van der Waals surface area contributed by atoms with Crippen molar-refractivity contribution in [3.63, 3.8) is 0 Å². The molecule has 2 heterocycles. The van der Waals surface area contributed by atoms with Crippen molar-refractivity contribution < 1.29 is 0 Å². The van der Waals surface area contributed by atoms with E-state index in [9.17, 15) is 5.26 Å². The summed E-state index contributed by atoms with van der Waals surface area (Å²) in [4.78, 5) is 15.1. The van der Waals surface area contributed by atoms with Crippen LogP contribution in [0.15, 0.2) is 152 Å². The summed E-state index contributed by atoms with van der Waals surface area (Å²) >= 11 is 0. The van der Waals surface area contributed by atoms with Crippen LogP contribution in [0.3, 0.4) is 0 Å². The highest BCUT2D eigenvalue weighted by molar-refractivity contribution is 6.26. The molecule has 7 aromatic carbocycles. The van der Waals surface area contributed by atoms with E-state index in [1.54, 1.807) is 17.2 Å². The molecule has 0 radical (unpaired) electrons. The zero-order chi connectivity index (χ0) is 38.8. The first-order valence-corrected chi connectivity index (χ1v) is 21.2. The maximum Gasteiger partial charge on any atom is 0.164 e. The largest absolute Gasteiger partial charge is 0.309 e. The first-order valence-electron chi connectivity index (χ1n) is 21.2. The van der Waals surface area contributed by atoms with Crippen LogP contribution in [0.25, 0.3) is 83.6 Å². The highest BCUT2D eigenvalue weighted by Gasteiger charge is 2.61. The van der Waals surface area contributed by atoms with Gasteiger partial charge in [-0.15, -0.1) is 0 Å². The van der Waals surface area contributed by atoms with Crippen molar-refractivity contribution in [1.82, 2.24) is 19.5 Å². The van der Waals surface area contributed by atoms with Gasteiger partial charge < -0.3 is 4.57 Å². The number of nitrogens with zero attached hydrogens (tertiary/aromatic N) is 5. The van der Waals surface area contributed by atoms with Gasteiger partial charge in [0, 0.05) is 38.6 Å². The number of nitriles is 1. The zero-order valence-electron chi connectivity index (χ0n) is 32.5. The van der Waals surface area contributed by atoms with Crippen LogP contribution < -0.4 is 0 Å². The van der Waals surface area contributed by atoms with Gasteiger partial charge in [0.2, 0.25) is 0 Å². The molecule has 4 bridgehead atoms. The maximum atomic E-state index is 9.71. The summed E-state index contributed by atoms with van der Waals surface area (Å²) in [6, 6.07) is 56.5. The van der Waals surface area contributed by atoms with Crippen LogP contribution in [0, 0.1) is 35.0 Å². The van der Waals surface area contributed by atoms with Crippen LogP contribution in [0.1, 0.15) is 48.8 Å². The van der Waals surface area contributed by atoms with Crippen LogP contribution in [0.4, 0.5) is 0 Å². The quantitative estimate of drug-likeness (QED) is 0.179. The van der Waals surface area contributed by atoms with E-state index >= 15 is 0 Å². The van der Waals surface area contributed by atoms with E-state index in [1.807, 2.05) is 48.5 Å². The van der Waals surface area contributed by atoms with Crippen molar-refractivity contribution in [1.29, 1.82) is 5.26 Å². The van der Waals surface area contributed by atoms with E-state index in [-0.39, 0.29) is 5.41 Å². The molecule has 1 spiro atoms. The number of fused-ring (bicyclic) bond motifs is 9. The molecule has 0 N–H and O–H groups in total. The fourth-order valence-electron chi connectivity index (χ4n) is 12.6. The molecular weight excluding hydrogens is 719 g/mol. The molecule has 0 aliphatic heterocycles. The van der Waals surface area contributed by atoms with Crippen molar-refractivity contribution in [3.05, 3.63) is 168 Å². The molecule has 5 aliphatic rings. The highest BCUT2D eigenvalue weighted by Crippen LogP contribution is 2.70. The number of hydrogen-bond donors (Lipinski definition) is 0. The van der Waals surface area contributed by atoms with Gasteiger partial charge in [0.1, 0.15) is 0 Å². The van der Waals surface area contributed by atoms with Crippen LogP contribution >= 0.6 is 0 Å². The first kappa shape index (κ1) is 33.1. The minimum atomic E-state index is 0.0894. The Morgan fingerprint density at radius 1 is 0.525 bits per heavy atom. The average molecular weight is 758 g/mol. The number of rotatable bonds is 4. The van der Waals surface area contributed by atoms with E-state index in [0.717, 1.165) is 34.2 Å². The summed E-state index contributed by atoms with van der Waals surface area (Å²) in [6.45, 7) is 0. The molecule has 0 saturated heterocycles. The summed E-state index contributed by atoms with van der Waals surface area (Å²) in [5, 5.41) is 14.9. The van der Waals surface area contributed by atoms with Crippen molar-refractivity contribution >= 4 is 32.6 Å². The second-order valence-electron chi connectivity index (χ2n) is 17.5. The molecule has 0 atom stereocenters. The Hall–Kier alpha value is -6.90. The molecule has 9 aromatic rings. The van der Waals surface area contributed by atoms with E-state index in [2.05, 4.69) is 108 Å². The van der Waals surface area contributed by atoms with Gasteiger partial charge in [-0.05, 0) is 125 Å². The third-order valence-corrected chi connectivity index (χ3v) is 14.6. The molecule has 4 fully saturated rings. The van der Waals surface area contributed by atoms with Gasteiger partial charge in [0.15, 0.2) is 17.5 Å². The molecular formula is C54H39N5. The topological polar surface area (TPSA) is 67.4 Å². The molecule has 5 aliphatic carbocycles. The molecule has 280 valence electrons. The molecule has 2 aromatic heterocycles. The Bertz CT molecular complexity index is 3230. The molecule has 5 heteroatoms. The smallest absolute Gasteiger partial charge is 0.164 e. The summed E-state index contributed by atoms with van der Waals surface area (Å²) < 4.78 is 2.47. The molecule has 0 amide bonds.